The Morgan fingerprint density at radius 3 is 2.35 bits per heavy atom. The fourth-order valence-corrected chi connectivity index (χ4v) is 2.14. The average Bonchev–Trinajstić information content (AvgIpc) is 2.23. The molecule has 1 fully saturated rings. The van der Waals surface area contributed by atoms with E-state index in [-0.39, 0.29) is 17.9 Å². The zero-order valence-electron chi connectivity index (χ0n) is 10.6. The molecule has 1 amide bonds. The van der Waals surface area contributed by atoms with Crippen LogP contribution in [-0.2, 0) is 9.59 Å². The monoisotopic (exact) mass is 242 g/mol. The Morgan fingerprint density at radius 2 is 1.94 bits per heavy atom. The van der Waals surface area contributed by atoms with E-state index < -0.39 is 5.97 Å². The van der Waals surface area contributed by atoms with Crippen molar-refractivity contribution in [1.29, 1.82) is 0 Å². The van der Waals surface area contributed by atoms with Gasteiger partial charge in [-0.2, -0.15) is 0 Å². The summed E-state index contributed by atoms with van der Waals surface area (Å²) in [4.78, 5) is 24.2. The molecule has 1 aliphatic rings. The van der Waals surface area contributed by atoms with Crippen LogP contribution in [0.4, 0.5) is 0 Å². The molecule has 2 N–H and O–H groups in total. The third-order valence-electron chi connectivity index (χ3n) is 3.45. The van der Waals surface area contributed by atoms with Gasteiger partial charge in [0.25, 0.3) is 0 Å². The molecular formula is C12H22N2O3. The Labute approximate surface area is 102 Å². The number of nitrogens with zero attached hydrogens (tertiary/aromatic N) is 1. The summed E-state index contributed by atoms with van der Waals surface area (Å²) in [5.41, 5.74) is 0. The molecule has 0 aromatic heterocycles. The first-order valence-electron chi connectivity index (χ1n) is 6.34. The largest absolute Gasteiger partial charge is 0.481 e. The lowest BCUT2D eigenvalue weighted by molar-refractivity contribution is -0.146. The Hall–Kier alpha value is -1.10. The van der Waals surface area contributed by atoms with Gasteiger partial charge in [-0.05, 0) is 26.7 Å². The highest BCUT2D eigenvalue weighted by molar-refractivity contribution is 5.76. The molecule has 0 aliphatic heterocycles. The maximum Gasteiger partial charge on any atom is 0.308 e. The summed E-state index contributed by atoms with van der Waals surface area (Å²) >= 11 is 0. The third kappa shape index (κ3) is 3.70. The lowest BCUT2D eigenvalue weighted by Crippen LogP contribution is -2.48. The van der Waals surface area contributed by atoms with E-state index in [0.29, 0.717) is 13.0 Å². The van der Waals surface area contributed by atoms with E-state index in [2.05, 4.69) is 5.32 Å². The molecular weight excluding hydrogens is 220 g/mol. The highest BCUT2D eigenvalue weighted by atomic mass is 16.4. The van der Waals surface area contributed by atoms with Crippen molar-refractivity contribution in [2.45, 2.75) is 39.2 Å². The van der Waals surface area contributed by atoms with E-state index in [1.807, 2.05) is 13.8 Å². The van der Waals surface area contributed by atoms with Crippen LogP contribution in [0.3, 0.4) is 0 Å². The van der Waals surface area contributed by atoms with Gasteiger partial charge in [0.1, 0.15) is 0 Å². The van der Waals surface area contributed by atoms with E-state index in [0.717, 1.165) is 25.9 Å². The highest BCUT2D eigenvalue weighted by Gasteiger charge is 2.35. The van der Waals surface area contributed by atoms with Gasteiger partial charge in [0.05, 0.1) is 5.92 Å². The van der Waals surface area contributed by atoms with E-state index in [1.54, 1.807) is 4.90 Å². The number of carbonyl (C=O) groups excluding carboxylic acids is 1. The van der Waals surface area contributed by atoms with E-state index >= 15 is 0 Å². The molecule has 5 nitrogen and oxygen atoms in total. The standard InChI is InChI=1S/C12H22N2O3/c1-3-14(4-2)11(15)7-8-13-10-6-5-9(10)12(16)17/h9-10,13H,3-8H2,1-2H3,(H,16,17). The smallest absolute Gasteiger partial charge is 0.308 e. The maximum atomic E-state index is 11.7. The van der Waals surface area contributed by atoms with Crippen LogP contribution in [0, 0.1) is 5.92 Å². The lowest BCUT2D eigenvalue weighted by atomic mass is 9.79. The molecule has 0 bridgehead atoms. The zero-order valence-corrected chi connectivity index (χ0v) is 10.6. The summed E-state index contributed by atoms with van der Waals surface area (Å²) in [5, 5.41) is 12.0. The van der Waals surface area contributed by atoms with Crippen LogP contribution in [0.15, 0.2) is 0 Å². The lowest BCUT2D eigenvalue weighted by Gasteiger charge is -2.34. The molecule has 17 heavy (non-hydrogen) atoms. The van der Waals surface area contributed by atoms with Gasteiger partial charge >= 0.3 is 5.97 Å². The van der Waals surface area contributed by atoms with Gasteiger partial charge < -0.3 is 15.3 Å². The highest BCUT2D eigenvalue weighted by Crippen LogP contribution is 2.27. The van der Waals surface area contributed by atoms with Gasteiger partial charge in [-0.3, -0.25) is 9.59 Å². The minimum Gasteiger partial charge on any atom is -0.481 e. The van der Waals surface area contributed by atoms with Gasteiger partial charge in [-0.1, -0.05) is 0 Å². The summed E-state index contributed by atoms with van der Waals surface area (Å²) in [6, 6.07) is 0.0528. The van der Waals surface area contributed by atoms with Crippen molar-refractivity contribution in [1.82, 2.24) is 10.2 Å². The number of hydrogen-bond acceptors (Lipinski definition) is 3. The molecule has 0 saturated heterocycles. The number of carboxylic acids is 1. The molecule has 98 valence electrons. The minimum absolute atomic E-state index is 0.0528. The van der Waals surface area contributed by atoms with Crippen LogP contribution in [-0.4, -0.2) is 47.6 Å². The maximum absolute atomic E-state index is 11.7. The molecule has 0 heterocycles. The number of carboxylic acid groups (broad SMARTS) is 1. The SMILES string of the molecule is CCN(CC)C(=O)CCNC1CCC1C(=O)O. The van der Waals surface area contributed by atoms with Crippen LogP contribution in [0.5, 0.6) is 0 Å². The summed E-state index contributed by atoms with van der Waals surface area (Å²) in [6.45, 7) is 5.96. The molecule has 0 aromatic carbocycles. The molecule has 2 atom stereocenters. The van der Waals surface area contributed by atoms with Gasteiger partial charge in [-0.15, -0.1) is 0 Å². The van der Waals surface area contributed by atoms with Crippen molar-refractivity contribution in [3.05, 3.63) is 0 Å². The first kappa shape index (κ1) is 14.0. The first-order valence-corrected chi connectivity index (χ1v) is 6.34. The number of rotatable bonds is 7. The fraction of sp³-hybridized carbons (Fsp3) is 0.833. The van der Waals surface area contributed by atoms with Crippen molar-refractivity contribution in [3.63, 3.8) is 0 Å². The predicted molar refractivity (Wildman–Crippen MR) is 64.7 cm³/mol. The fourth-order valence-electron chi connectivity index (χ4n) is 2.14. The number of aliphatic carboxylic acids is 1. The van der Waals surface area contributed by atoms with Crippen LogP contribution < -0.4 is 5.32 Å². The summed E-state index contributed by atoms with van der Waals surface area (Å²) in [5.74, 6) is -0.865. The predicted octanol–water partition coefficient (Wildman–Crippen LogP) is 0.698. The van der Waals surface area contributed by atoms with Gasteiger partial charge in [0.2, 0.25) is 5.91 Å². The third-order valence-corrected chi connectivity index (χ3v) is 3.45. The second-order valence-electron chi connectivity index (χ2n) is 4.40. The average molecular weight is 242 g/mol. The van der Waals surface area contributed by atoms with Crippen molar-refractivity contribution in [2.75, 3.05) is 19.6 Å². The molecule has 0 spiro atoms. The Morgan fingerprint density at radius 1 is 1.29 bits per heavy atom. The number of amides is 1. The van der Waals surface area contributed by atoms with Crippen molar-refractivity contribution in [2.24, 2.45) is 5.92 Å². The first-order chi connectivity index (χ1) is 8.10. The number of hydrogen-bond donors (Lipinski definition) is 2. The van der Waals surface area contributed by atoms with Crippen LogP contribution >= 0.6 is 0 Å². The normalized spacial score (nSPS) is 22.9. The number of nitrogens with one attached hydrogen (secondary N) is 1. The zero-order chi connectivity index (χ0) is 12.8. The Balaban J connectivity index is 2.20. The van der Waals surface area contributed by atoms with Crippen molar-refractivity contribution < 1.29 is 14.7 Å². The van der Waals surface area contributed by atoms with Crippen molar-refractivity contribution >= 4 is 11.9 Å². The van der Waals surface area contributed by atoms with Gasteiger partial charge in [0.15, 0.2) is 0 Å². The van der Waals surface area contributed by atoms with E-state index in [9.17, 15) is 9.59 Å². The second kappa shape index (κ2) is 6.59. The molecule has 0 radical (unpaired) electrons. The molecule has 1 aliphatic carbocycles. The van der Waals surface area contributed by atoms with Crippen molar-refractivity contribution in [3.8, 4) is 0 Å². The second-order valence-corrected chi connectivity index (χ2v) is 4.40. The molecule has 2 unspecified atom stereocenters. The summed E-state index contributed by atoms with van der Waals surface area (Å²) in [7, 11) is 0. The quantitative estimate of drug-likeness (QED) is 0.689. The van der Waals surface area contributed by atoms with Crippen LogP contribution in [0.25, 0.3) is 0 Å². The molecule has 0 aromatic rings. The van der Waals surface area contributed by atoms with E-state index in [4.69, 9.17) is 5.11 Å². The molecule has 5 heteroatoms. The number of carbonyl (C=O) groups is 2. The van der Waals surface area contributed by atoms with E-state index in [1.165, 1.54) is 0 Å². The topological polar surface area (TPSA) is 69.6 Å². The molecule has 1 saturated carbocycles. The minimum atomic E-state index is -0.733. The Kier molecular flexibility index (Phi) is 5.41. The van der Waals surface area contributed by atoms with Gasteiger partial charge in [-0.25, -0.2) is 0 Å². The summed E-state index contributed by atoms with van der Waals surface area (Å²) in [6.07, 6.45) is 2.10. The van der Waals surface area contributed by atoms with Gasteiger partial charge in [0, 0.05) is 32.1 Å². The molecule has 1 rings (SSSR count). The van der Waals surface area contributed by atoms with Crippen LogP contribution in [0.1, 0.15) is 33.1 Å². The Bertz CT molecular complexity index is 277. The van der Waals surface area contributed by atoms with Crippen LogP contribution in [0.2, 0.25) is 0 Å². The summed E-state index contributed by atoms with van der Waals surface area (Å²) < 4.78 is 0.